The number of ether oxygens (including phenoxy) is 2. The van der Waals surface area contributed by atoms with E-state index < -0.39 is 5.82 Å². The van der Waals surface area contributed by atoms with Crippen LogP contribution in [0, 0.1) is 5.82 Å². The molecule has 0 aliphatic heterocycles. The maximum atomic E-state index is 14.6. The molecular weight excluding hydrogens is 393 g/mol. The Labute approximate surface area is 180 Å². The van der Waals surface area contributed by atoms with Crippen molar-refractivity contribution in [3.63, 3.8) is 0 Å². The van der Waals surface area contributed by atoms with Gasteiger partial charge < -0.3 is 14.6 Å². The highest BCUT2D eigenvalue weighted by molar-refractivity contribution is 5.70. The summed E-state index contributed by atoms with van der Waals surface area (Å²) in [5.74, 6) is 0.235. The predicted octanol–water partition coefficient (Wildman–Crippen LogP) is 5.54. The van der Waals surface area contributed by atoms with Crippen molar-refractivity contribution in [2.24, 2.45) is 0 Å². The molecule has 3 aromatic carbocycles. The normalized spacial score (nSPS) is 10.6. The lowest BCUT2D eigenvalue weighted by atomic mass is 10.0. The molecule has 31 heavy (non-hydrogen) atoms. The molecule has 0 atom stereocenters. The van der Waals surface area contributed by atoms with Crippen LogP contribution in [0.15, 0.2) is 91.0 Å². The highest BCUT2D eigenvalue weighted by atomic mass is 19.1. The first kappa shape index (κ1) is 20.6. The third-order valence-corrected chi connectivity index (χ3v) is 4.79. The topological polar surface area (TPSA) is 51.6 Å². The van der Waals surface area contributed by atoms with Gasteiger partial charge in [-0.25, -0.2) is 4.39 Å². The number of halogens is 1. The summed E-state index contributed by atoms with van der Waals surface area (Å²) in [7, 11) is 0. The van der Waals surface area contributed by atoms with Crippen molar-refractivity contribution in [3.8, 4) is 22.9 Å². The Morgan fingerprint density at radius 1 is 0.677 bits per heavy atom. The predicted molar refractivity (Wildman–Crippen MR) is 117 cm³/mol. The lowest BCUT2D eigenvalue weighted by molar-refractivity contribution is 0.268. The fourth-order valence-corrected chi connectivity index (χ4v) is 3.15. The maximum Gasteiger partial charge on any atom is 0.225 e. The number of aromatic nitrogens is 1. The smallest absolute Gasteiger partial charge is 0.225 e. The van der Waals surface area contributed by atoms with Gasteiger partial charge in [-0.05, 0) is 34.9 Å². The molecule has 5 heteroatoms. The van der Waals surface area contributed by atoms with Crippen LogP contribution in [0.5, 0.6) is 11.8 Å². The van der Waals surface area contributed by atoms with E-state index in [9.17, 15) is 9.50 Å². The van der Waals surface area contributed by atoms with Crippen LogP contribution >= 0.6 is 0 Å². The van der Waals surface area contributed by atoms with Gasteiger partial charge >= 0.3 is 0 Å². The molecule has 4 rings (SSSR count). The van der Waals surface area contributed by atoms with Gasteiger partial charge in [0.15, 0.2) is 0 Å². The van der Waals surface area contributed by atoms with Gasteiger partial charge in [0.05, 0.1) is 6.61 Å². The average molecular weight is 415 g/mol. The second-order valence-corrected chi connectivity index (χ2v) is 7.02. The average Bonchev–Trinajstić information content (AvgIpc) is 2.83. The molecule has 1 heterocycles. The Bertz CT molecular complexity index is 1130. The van der Waals surface area contributed by atoms with Crippen molar-refractivity contribution in [1.29, 1.82) is 0 Å². The van der Waals surface area contributed by atoms with Crippen molar-refractivity contribution < 1.29 is 19.0 Å². The van der Waals surface area contributed by atoms with Gasteiger partial charge in [-0.15, -0.1) is 0 Å². The molecule has 0 amide bonds. The van der Waals surface area contributed by atoms with E-state index in [4.69, 9.17) is 9.47 Å². The van der Waals surface area contributed by atoms with Crippen LogP contribution in [-0.4, -0.2) is 10.1 Å². The molecule has 0 unspecified atom stereocenters. The summed E-state index contributed by atoms with van der Waals surface area (Å²) in [4.78, 5) is 4.50. The summed E-state index contributed by atoms with van der Waals surface area (Å²) in [6.45, 7) is 0.461. The third kappa shape index (κ3) is 5.27. The standard InChI is InChI=1S/C26H22FNO3/c27-24-13-11-21(16-29)15-23(24)22-12-14-25(30-17-19-7-3-1-4-8-19)28-26(22)31-18-20-9-5-2-6-10-20/h1-15,29H,16-18H2. The molecule has 0 spiro atoms. The summed E-state index contributed by atoms with van der Waals surface area (Å²) >= 11 is 0. The number of aliphatic hydroxyl groups is 1. The van der Waals surface area contributed by atoms with Crippen LogP contribution in [0.1, 0.15) is 16.7 Å². The summed E-state index contributed by atoms with van der Waals surface area (Å²) < 4.78 is 26.4. The van der Waals surface area contributed by atoms with Crippen molar-refractivity contribution in [2.45, 2.75) is 19.8 Å². The van der Waals surface area contributed by atoms with Crippen molar-refractivity contribution in [2.75, 3.05) is 0 Å². The number of hydrogen-bond donors (Lipinski definition) is 1. The SMILES string of the molecule is OCc1ccc(F)c(-c2ccc(OCc3ccccc3)nc2OCc2ccccc2)c1. The second-order valence-electron chi connectivity index (χ2n) is 7.02. The van der Waals surface area contributed by atoms with Crippen molar-refractivity contribution >= 4 is 0 Å². The third-order valence-electron chi connectivity index (χ3n) is 4.79. The number of rotatable bonds is 8. The van der Waals surface area contributed by atoms with Crippen LogP contribution in [-0.2, 0) is 19.8 Å². The Balaban J connectivity index is 1.64. The monoisotopic (exact) mass is 415 g/mol. The second kappa shape index (κ2) is 9.87. The van der Waals surface area contributed by atoms with Crippen LogP contribution in [0.3, 0.4) is 0 Å². The van der Waals surface area contributed by atoms with Gasteiger partial charge in [0, 0.05) is 17.2 Å². The summed E-state index contributed by atoms with van der Waals surface area (Å²) in [6, 6.07) is 27.4. The van der Waals surface area contributed by atoms with E-state index in [0.717, 1.165) is 11.1 Å². The van der Waals surface area contributed by atoms with Gasteiger partial charge in [0.1, 0.15) is 19.0 Å². The zero-order valence-electron chi connectivity index (χ0n) is 16.9. The van der Waals surface area contributed by atoms with E-state index in [1.807, 2.05) is 60.7 Å². The summed E-state index contributed by atoms with van der Waals surface area (Å²) in [5, 5.41) is 9.45. The first-order chi connectivity index (χ1) is 15.2. The van der Waals surface area contributed by atoms with E-state index in [0.29, 0.717) is 29.2 Å². The Morgan fingerprint density at radius 3 is 1.97 bits per heavy atom. The maximum absolute atomic E-state index is 14.6. The molecular formula is C26H22FNO3. The minimum absolute atomic E-state index is 0.181. The molecule has 0 fully saturated rings. The highest BCUT2D eigenvalue weighted by Crippen LogP contribution is 2.33. The van der Waals surface area contributed by atoms with E-state index in [-0.39, 0.29) is 19.1 Å². The fourth-order valence-electron chi connectivity index (χ4n) is 3.15. The number of benzene rings is 3. The molecule has 156 valence electrons. The largest absolute Gasteiger partial charge is 0.473 e. The van der Waals surface area contributed by atoms with Crippen molar-refractivity contribution in [3.05, 3.63) is 114 Å². The summed E-state index contributed by atoms with van der Waals surface area (Å²) in [5.41, 5.74) is 3.40. The zero-order chi connectivity index (χ0) is 21.5. The van der Waals surface area contributed by atoms with Crippen LogP contribution in [0.25, 0.3) is 11.1 Å². The van der Waals surface area contributed by atoms with Gasteiger partial charge in [-0.2, -0.15) is 4.98 Å². The molecule has 4 aromatic rings. The molecule has 0 aliphatic carbocycles. The van der Waals surface area contributed by atoms with E-state index >= 15 is 0 Å². The number of pyridine rings is 1. The van der Waals surface area contributed by atoms with Crippen LogP contribution < -0.4 is 9.47 Å². The molecule has 0 saturated heterocycles. The molecule has 1 aromatic heterocycles. The molecule has 0 aliphatic rings. The number of hydrogen-bond acceptors (Lipinski definition) is 4. The molecule has 0 bridgehead atoms. The van der Waals surface area contributed by atoms with Gasteiger partial charge in [-0.1, -0.05) is 66.7 Å². The van der Waals surface area contributed by atoms with E-state index in [1.54, 1.807) is 24.3 Å². The zero-order valence-corrected chi connectivity index (χ0v) is 16.9. The molecule has 4 nitrogen and oxygen atoms in total. The minimum atomic E-state index is -0.415. The van der Waals surface area contributed by atoms with E-state index in [1.165, 1.54) is 6.07 Å². The Morgan fingerprint density at radius 2 is 1.32 bits per heavy atom. The Kier molecular flexibility index (Phi) is 6.55. The molecule has 0 radical (unpaired) electrons. The molecule has 0 saturated carbocycles. The lowest BCUT2D eigenvalue weighted by Crippen LogP contribution is -2.03. The summed E-state index contributed by atoms with van der Waals surface area (Å²) in [6.07, 6.45) is 0. The van der Waals surface area contributed by atoms with Crippen LogP contribution in [0.2, 0.25) is 0 Å². The van der Waals surface area contributed by atoms with Gasteiger partial charge in [0.2, 0.25) is 11.8 Å². The molecule has 1 N–H and O–H groups in total. The Hall–Kier alpha value is -3.70. The number of nitrogens with zero attached hydrogens (tertiary/aromatic N) is 1. The minimum Gasteiger partial charge on any atom is -0.473 e. The van der Waals surface area contributed by atoms with Gasteiger partial charge in [-0.3, -0.25) is 0 Å². The van der Waals surface area contributed by atoms with Crippen molar-refractivity contribution in [1.82, 2.24) is 4.98 Å². The first-order valence-electron chi connectivity index (χ1n) is 9.97. The fraction of sp³-hybridized carbons (Fsp3) is 0.115. The van der Waals surface area contributed by atoms with Crippen LogP contribution in [0.4, 0.5) is 4.39 Å². The quantitative estimate of drug-likeness (QED) is 0.411. The number of aliphatic hydroxyl groups excluding tert-OH is 1. The van der Waals surface area contributed by atoms with E-state index in [2.05, 4.69) is 4.98 Å². The highest BCUT2D eigenvalue weighted by Gasteiger charge is 2.15. The lowest BCUT2D eigenvalue weighted by Gasteiger charge is -2.14. The first-order valence-corrected chi connectivity index (χ1v) is 9.97. The van der Waals surface area contributed by atoms with Gasteiger partial charge in [0.25, 0.3) is 0 Å².